The molecule has 1 fully saturated rings. The van der Waals surface area contributed by atoms with Crippen molar-refractivity contribution < 1.29 is 4.74 Å². The summed E-state index contributed by atoms with van der Waals surface area (Å²) < 4.78 is 5.05. The zero-order valence-corrected chi connectivity index (χ0v) is 14.3. The molecule has 2 heterocycles. The number of nitrogens with two attached hydrogens (primary N) is 1. The predicted molar refractivity (Wildman–Crippen MR) is 89.3 cm³/mol. The quantitative estimate of drug-likeness (QED) is 0.482. The number of hydrogen-bond acceptors (Lipinski definition) is 4. The van der Waals surface area contributed by atoms with Gasteiger partial charge in [0.2, 0.25) is 5.88 Å². The number of guanidine groups is 1. The number of halogens is 1. The molecule has 0 radical (unpaired) electrons. The van der Waals surface area contributed by atoms with Crippen molar-refractivity contribution in [3.05, 3.63) is 18.1 Å². The molecule has 0 amide bonds. The molecule has 1 saturated heterocycles. The van der Waals surface area contributed by atoms with Crippen molar-refractivity contribution in [3.8, 4) is 5.88 Å². The highest BCUT2D eigenvalue weighted by atomic mass is 127. The van der Waals surface area contributed by atoms with Gasteiger partial charge in [-0.25, -0.2) is 9.98 Å². The second kappa shape index (κ2) is 8.23. The van der Waals surface area contributed by atoms with Crippen molar-refractivity contribution in [1.82, 2.24) is 14.9 Å². The largest absolute Gasteiger partial charge is 0.481 e. The fourth-order valence-electron chi connectivity index (χ4n) is 2.06. The Hall–Kier alpha value is -1.12. The van der Waals surface area contributed by atoms with E-state index in [0.717, 1.165) is 19.0 Å². The molecule has 0 spiro atoms. The summed E-state index contributed by atoms with van der Waals surface area (Å²) in [6.07, 6.45) is 4.01. The van der Waals surface area contributed by atoms with Crippen LogP contribution >= 0.6 is 24.0 Å². The van der Waals surface area contributed by atoms with E-state index < -0.39 is 0 Å². The molecule has 0 bridgehead atoms. The van der Waals surface area contributed by atoms with Gasteiger partial charge in [0.25, 0.3) is 0 Å². The Morgan fingerprint density at radius 3 is 2.85 bits per heavy atom. The number of nitrogens with zero attached hydrogens (tertiary/aromatic N) is 4. The summed E-state index contributed by atoms with van der Waals surface area (Å²) >= 11 is 0. The molecule has 0 saturated carbocycles. The number of aliphatic imine (C=N–C) groups is 1. The molecule has 0 atom stereocenters. The predicted octanol–water partition coefficient (Wildman–Crippen LogP) is 1.65. The minimum atomic E-state index is 0. The summed E-state index contributed by atoms with van der Waals surface area (Å²) in [5.41, 5.74) is 6.00. The van der Waals surface area contributed by atoms with Crippen molar-refractivity contribution in [1.29, 1.82) is 0 Å². The lowest BCUT2D eigenvalue weighted by Crippen LogP contribution is -2.42. The van der Waals surface area contributed by atoms with E-state index in [1.807, 2.05) is 0 Å². The van der Waals surface area contributed by atoms with Crippen molar-refractivity contribution in [2.24, 2.45) is 16.6 Å². The van der Waals surface area contributed by atoms with E-state index in [1.165, 1.54) is 12.8 Å². The third-order valence-electron chi connectivity index (χ3n) is 3.38. The number of rotatable bonds is 3. The lowest BCUT2D eigenvalue weighted by Gasteiger charge is -2.30. The molecule has 20 heavy (non-hydrogen) atoms. The van der Waals surface area contributed by atoms with Crippen LogP contribution in [-0.2, 0) is 6.54 Å². The molecule has 1 aliphatic rings. The number of aromatic nitrogens is 2. The summed E-state index contributed by atoms with van der Waals surface area (Å²) in [6, 6.07) is 1.71. The van der Waals surface area contributed by atoms with Crippen LogP contribution in [0.2, 0.25) is 0 Å². The molecular formula is C13H22IN5O. The molecule has 1 aliphatic heterocycles. The van der Waals surface area contributed by atoms with Crippen LogP contribution in [0.3, 0.4) is 0 Å². The van der Waals surface area contributed by atoms with Gasteiger partial charge in [0.05, 0.1) is 7.11 Å². The molecular weight excluding hydrogens is 369 g/mol. The van der Waals surface area contributed by atoms with E-state index in [-0.39, 0.29) is 24.0 Å². The van der Waals surface area contributed by atoms with Gasteiger partial charge in [-0.1, -0.05) is 6.92 Å². The van der Waals surface area contributed by atoms with E-state index >= 15 is 0 Å². The Morgan fingerprint density at radius 1 is 1.50 bits per heavy atom. The molecule has 2 N–H and O–H groups in total. The average Bonchev–Trinajstić information content (AvgIpc) is 2.46. The highest BCUT2D eigenvalue weighted by Crippen LogP contribution is 2.15. The first-order valence-corrected chi connectivity index (χ1v) is 6.60. The zero-order chi connectivity index (χ0) is 13.7. The Balaban J connectivity index is 0.00000200. The monoisotopic (exact) mass is 391 g/mol. The van der Waals surface area contributed by atoms with Crippen LogP contribution in [0.5, 0.6) is 5.88 Å². The first-order chi connectivity index (χ1) is 9.19. The van der Waals surface area contributed by atoms with E-state index in [4.69, 9.17) is 10.5 Å². The normalized spacial score (nSPS) is 16.7. The second-order valence-corrected chi connectivity index (χ2v) is 4.86. The summed E-state index contributed by atoms with van der Waals surface area (Å²) in [4.78, 5) is 14.8. The van der Waals surface area contributed by atoms with Gasteiger partial charge in [-0.15, -0.1) is 24.0 Å². The van der Waals surface area contributed by atoms with Crippen LogP contribution in [0.15, 0.2) is 17.3 Å². The highest BCUT2D eigenvalue weighted by Gasteiger charge is 2.16. The Labute approximate surface area is 136 Å². The lowest BCUT2D eigenvalue weighted by atomic mass is 10.00. The van der Waals surface area contributed by atoms with Crippen molar-refractivity contribution in [2.45, 2.75) is 26.3 Å². The first kappa shape index (κ1) is 16.9. The van der Waals surface area contributed by atoms with Crippen molar-refractivity contribution >= 4 is 29.9 Å². The van der Waals surface area contributed by atoms with Crippen molar-refractivity contribution in [3.63, 3.8) is 0 Å². The fraction of sp³-hybridized carbons (Fsp3) is 0.615. The maximum absolute atomic E-state index is 6.00. The molecule has 2 rings (SSSR count). The van der Waals surface area contributed by atoms with Gasteiger partial charge < -0.3 is 15.4 Å². The Kier molecular flexibility index (Phi) is 6.97. The van der Waals surface area contributed by atoms with Crippen LogP contribution in [0, 0.1) is 5.92 Å². The average molecular weight is 391 g/mol. The number of ether oxygens (including phenoxy) is 1. The lowest BCUT2D eigenvalue weighted by molar-refractivity contribution is 0.277. The summed E-state index contributed by atoms with van der Waals surface area (Å²) in [7, 11) is 1.58. The van der Waals surface area contributed by atoms with Gasteiger partial charge in [-0.05, 0) is 18.8 Å². The maximum Gasteiger partial charge on any atom is 0.216 e. The molecule has 1 aromatic rings. The van der Waals surface area contributed by atoms with Gasteiger partial charge in [-0.2, -0.15) is 4.98 Å². The summed E-state index contributed by atoms with van der Waals surface area (Å²) in [6.45, 7) is 4.62. The molecule has 0 aliphatic carbocycles. The van der Waals surface area contributed by atoms with Gasteiger partial charge in [0.15, 0.2) is 11.8 Å². The zero-order valence-electron chi connectivity index (χ0n) is 12.0. The van der Waals surface area contributed by atoms with Crippen molar-refractivity contribution in [2.75, 3.05) is 20.2 Å². The molecule has 0 unspecified atom stereocenters. The topological polar surface area (TPSA) is 76.6 Å². The molecule has 1 aromatic heterocycles. The summed E-state index contributed by atoms with van der Waals surface area (Å²) in [5, 5.41) is 0. The fourth-order valence-corrected chi connectivity index (χ4v) is 2.06. The van der Waals surface area contributed by atoms with E-state index in [2.05, 4.69) is 26.8 Å². The molecule has 7 heteroatoms. The van der Waals surface area contributed by atoms with Crippen LogP contribution in [-0.4, -0.2) is 41.0 Å². The Bertz CT molecular complexity index is 446. The number of piperidine rings is 1. The molecule has 112 valence electrons. The van der Waals surface area contributed by atoms with Crippen LogP contribution in [0.4, 0.5) is 0 Å². The van der Waals surface area contributed by atoms with E-state index in [9.17, 15) is 0 Å². The molecule has 6 nitrogen and oxygen atoms in total. The number of likely N-dealkylation sites (tertiary alicyclic amines) is 1. The van der Waals surface area contributed by atoms with Crippen LogP contribution in [0.25, 0.3) is 0 Å². The van der Waals surface area contributed by atoms with Gasteiger partial charge in [0.1, 0.15) is 6.54 Å². The SMILES string of the molecule is COc1ccnc(CN=C(N)N2CCC(C)CC2)n1.I. The van der Waals surface area contributed by atoms with Gasteiger partial charge in [0, 0.05) is 25.4 Å². The summed E-state index contributed by atoms with van der Waals surface area (Å²) in [5.74, 6) is 2.53. The minimum absolute atomic E-state index is 0. The smallest absolute Gasteiger partial charge is 0.216 e. The third kappa shape index (κ3) is 4.77. The maximum atomic E-state index is 6.00. The number of methoxy groups -OCH3 is 1. The van der Waals surface area contributed by atoms with Crippen LogP contribution in [0.1, 0.15) is 25.6 Å². The highest BCUT2D eigenvalue weighted by molar-refractivity contribution is 14.0. The van der Waals surface area contributed by atoms with E-state index in [1.54, 1.807) is 19.4 Å². The van der Waals surface area contributed by atoms with Gasteiger partial charge >= 0.3 is 0 Å². The standard InChI is InChI=1S/C13H21N5O.HI/c1-10-4-7-18(8-5-10)13(14)16-9-11-15-6-3-12(17-11)19-2;/h3,6,10H,4-5,7-9H2,1-2H3,(H2,14,16);1H. The first-order valence-electron chi connectivity index (χ1n) is 6.60. The third-order valence-corrected chi connectivity index (χ3v) is 3.38. The van der Waals surface area contributed by atoms with E-state index in [0.29, 0.717) is 24.2 Å². The Morgan fingerprint density at radius 2 is 2.20 bits per heavy atom. The second-order valence-electron chi connectivity index (χ2n) is 4.86. The number of hydrogen-bond donors (Lipinski definition) is 1. The molecule has 0 aromatic carbocycles. The van der Waals surface area contributed by atoms with Crippen LogP contribution < -0.4 is 10.5 Å². The minimum Gasteiger partial charge on any atom is -0.481 e. The van der Waals surface area contributed by atoms with Gasteiger partial charge in [-0.3, -0.25) is 0 Å².